The Hall–Kier alpha value is -2.18. The number of nitrogens with one attached hydrogen (secondary N) is 1. The van der Waals surface area contributed by atoms with Gasteiger partial charge in [-0.25, -0.2) is 0 Å². The number of unbranched alkanes of at least 4 members (excludes halogenated alkanes) is 28. The molecule has 0 aliphatic heterocycles. The van der Waals surface area contributed by atoms with E-state index in [1.165, 1.54) is 148 Å². The van der Waals surface area contributed by atoms with Crippen molar-refractivity contribution in [2.45, 2.75) is 277 Å². The molecule has 3 atom stereocenters. The van der Waals surface area contributed by atoms with Crippen LogP contribution in [-0.4, -0.2) is 46.9 Å². The van der Waals surface area contributed by atoms with Crippen LogP contribution in [0.1, 0.15) is 258 Å². The van der Waals surface area contributed by atoms with E-state index in [1.54, 1.807) is 0 Å². The van der Waals surface area contributed by atoms with Gasteiger partial charge in [0.15, 0.2) is 0 Å². The smallest absolute Gasteiger partial charge is 0.306 e. The molecular formula is C54H99NO5. The molecule has 0 aliphatic carbocycles. The zero-order valence-electron chi connectivity index (χ0n) is 39.8. The lowest BCUT2D eigenvalue weighted by molar-refractivity contribution is -0.151. The van der Waals surface area contributed by atoms with Crippen LogP contribution in [0.5, 0.6) is 0 Å². The number of aliphatic hydroxyl groups is 2. The molecule has 0 aromatic carbocycles. The first kappa shape index (κ1) is 57.8. The zero-order chi connectivity index (χ0) is 43.8. The first-order valence-corrected chi connectivity index (χ1v) is 25.9. The van der Waals surface area contributed by atoms with E-state index in [-0.39, 0.29) is 24.9 Å². The summed E-state index contributed by atoms with van der Waals surface area (Å²) in [5.41, 5.74) is 0. The largest absolute Gasteiger partial charge is 0.462 e. The molecule has 6 heteroatoms. The number of rotatable bonds is 46. The first-order chi connectivity index (χ1) is 29.5. The summed E-state index contributed by atoms with van der Waals surface area (Å²) in [7, 11) is 0. The third kappa shape index (κ3) is 42.5. The predicted molar refractivity (Wildman–Crippen MR) is 259 cm³/mol. The fraction of sp³-hybridized carbons (Fsp3) is 0.815. The molecule has 0 saturated heterocycles. The number of aliphatic hydroxyl groups excluding tert-OH is 2. The lowest BCUT2D eigenvalue weighted by Gasteiger charge is -2.24. The van der Waals surface area contributed by atoms with Gasteiger partial charge in [-0.05, 0) is 70.6 Å². The summed E-state index contributed by atoms with van der Waals surface area (Å²) >= 11 is 0. The number of hydrogen-bond acceptors (Lipinski definition) is 5. The SMILES string of the molecule is CCCCC/C=C/C=C/CCCCCCCCC(=O)OC(CCC/C=C/C=C/CCCCCCCCC)CC(=O)NC(CO)C(O)CCCCCCCCCCCCCC. The molecule has 0 aromatic rings. The molecule has 0 heterocycles. The Morgan fingerprint density at radius 1 is 0.483 bits per heavy atom. The second kappa shape index (κ2) is 47.9. The summed E-state index contributed by atoms with van der Waals surface area (Å²) in [5, 5.41) is 23.7. The average molecular weight is 842 g/mol. The molecule has 0 radical (unpaired) electrons. The van der Waals surface area contributed by atoms with Crippen LogP contribution in [0.2, 0.25) is 0 Å². The lowest BCUT2D eigenvalue weighted by Crippen LogP contribution is -2.46. The lowest BCUT2D eigenvalue weighted by atomic mass is 10.0. The molecule has 0 saturated carbocycles. The maximum Gasteiger partial charge on any atom is 0.306 e. The van der Waals surface area contributed by atoms with Gasteiger partial charge in [0.1, 0.15) is 6.10 Å². The molecule has 0 fully saturated rings. The molecule has 0 aliphatic rings. The van der Waals surface area contributed by atoms with E-state index < -0.39 is 18.2 Å². The van der Waals surface area contributed by atoms with Gasteiger partial charge in [-0.3, -0.25) is 9.59 Å². The summed E-state index contributed by atoms with van der Waals surface area (Å²) in [5.74, 6) is -0.530. The number of esters is 1. The molecule has 3 N–H and O–H groups in total. The monoisotopic (exact) mass is 842 g/mol. The van der Waals surface area contributed by atoms with Crippen LogP contribution in [0, 0.1) is 0 Å². The van der Waals surface area contributed by atoms with E-state index in [2.05, 4.69) is 74.7 Å². The Morgan fingerprint density at radius 3 is 1.30 bits per heavy atom. The number of allylic oxidation sites excluding steroid dienone is 8. The van der Waals surface area contributed by atoms with Gasteiger partial charge in [-0.2, -0.15) is 0 Å². The van der Waals surface area contributed by atoms with Gasteiger partial charge < -0.3 is 20.3 Å². The Kier molecular flexibility index (Phi) is 46.1. The highest BCUT2D eigenvalue weighted by Gasteiger charge is 2.24. The maximum absolute atomic E-state index is 13.2. The van der Waals surface area contributed by atoms with Crippen molar-refractivity contribution >= 4 is 11.9 Å². The maximum atomic E-state index is 13.2. The number of hydrogen-bond donors (Lipinski definition) is 3. The Bertz CT molecular complexity index is 1040. The molecular weight excluding hydrogens is 743 g/mol. The zero-order valence-corrected chi connectivity index (χ0v) is 39.8. The van der Waals surface area contributed by atoms with Gasteiger partial charge in [0.25, 0.3) is 0 Å². The molecule has 0 rings (SSSR count). The summed E-state index contributed by atoms with van der Waals surface area (Å²) in [6, 6.07) is -0.717. The van der Waals surface area contributed by atoms with Gasteiger partial charge in [0.05, 0.1) is 25.2 Å². The molecule has 350 valence electrons. The van der Waals surface area contributed by atoms with Crippen molar-refractivity contribution in [2.24, 2.45) is 0 Å². The molecule has 0 spiro atoms. The van der Waals surface area contributed by atoms with Crippen LogP contribution in [0.4, 0.5) is 0 Å². The Labute approximate surface area is 372 Å². The fourth-order valence-electron chi connectivity index (χ4n) is 7.71. The van der Waals surface area contributed by atoms with E-state index in [4.69, 9.17) is 4.74 Å². The van der Waals surface area contributed by atoms with E-state index >= 15 is 0 Å². The van der Waals surface area contributed by atoms with Crippen LogP contribution in [0.25, 0.3) is 0 Å². The third-order valence-electron chi connectivity index (χ3n) is 11.7. The molecule has 1 amide bonds. The fourth-order valence-corrected chi connectivity index (χ4v) is 7.71. The molecule has 0 aromatic heterocycles. The molecule has 6 nitrogen and oxygen atoms in total. The van der Waals surface area contributed by atoms with Crippen molar-refractivity contribution in [3.05, 3.63) is 48.6 Å². The number of carbonyl (C=O) groups is 2. The predicted octanol–water partition coefficient (Wildman–Crippen LogP) is 15.5. The van der Waals surface area contributed by atoms with Crippen molar-refractivity contribution in [3.63, 3.8) is 0 Å². The van der Waals surface area contributed by atoms with E-state index in [1.807, 2.05) is 0 Å². The minimum Gasteiger partial charge on any atom is -0.462 e. The van der Waals surface area contributed by atoms with Crippen molar-refractivity contribution in [1.82, 2.24) is 5.32 Å². The third-order valence-corrected chi connectivity index (χ3v) is 11.7. The highest BCUT2D eigenvalue weighted by molar-refractivity contribution is 5.77. The Balaban J connectivity index is 4.66. The molecule has 0 bridgehead atoms. The van der Waals surface area contributed by atoms with Crippen LogP contribution < -0.4 is 5.32 Å². The van der Waals surface area contributed by atoms with Crippen LogP contribution in [0.15, 0.2) is 48.6 Å². The number of amides is 1. The summed E-state index contributed by atoms with van der Waals surface area (Å²) < 4.78 is 5.90. The molecule has 60 heavy (non-hydrogen) atoms. The Morgan fingerprint density at radius 2 is 0.850 bits per heavy atom. The average Bonchev–Trinajstić information content (AvgIpc) is 3.24. The van der Waals surface area contributed by atoms with Gasteiger partial charge in [0.2, 0.25) is 5.91 Å². The summed E-state index contributed by atoms with van der Waals surface area (Å²) in [6.07, 6.45) is 57.4. The standard InChI is InChI=1S/C54H99NO5/c1-4-7-10-13-16-19-22-25-27-29-32-35-38-41-44-47-54(59)60-50(45-42-39-36-33-30-28-26-23-20-17-14-11-8-5-2)48-53(58)55-51(49-56)52(57)46-43-40-37-34-31-24-21-18-15-12-9-6-3/h16,19,22,25,28,30,33,36,50-52,56-57H,4-15,17-18,20-21,23-24,26-27,29,31-32,34-35,37-49H2,1-3H3,(H,55,58)/b19-16+,25-22+,30-28+,36-33+. The van der Waals surface area contributed by atoms with Gasteiger partial charge in [0, 0.05) is 6.42 Å². The van der Waals surface area contributed by atoms with Gasteiger partial charge in [-0.1, -0.05) is 223 Å². The van der Waals surface area contributed by atoms with Crippen molar-refractivity contribution in [2.75, 3.05) is 6.61 Å². The number of ether oxygens (including phenoxy) is 1. The van der Waals surface area contributed by atoms with Crippen molar-refractivity contribution < 1.29 is 24.5 Å². The van der Waals surface area contributed by atoms with Crippen molar-refractivity contribution in [1.29, 1.82) is 0 Å². The minimum atomic E-state index is -0.800. The highest BCUT2D eigenvalue weighted by Crippen LogP contribution is 2.17. The second-order valence-electron chi connectivity index (χ2n) is 17.6. The molecule has 3 unspecified atom stereocenters. The van der Waals surface area contributed by atoms with Crippen LogP contribution in [-0.2, 0) is 14.3 Å². The quantitative estimate of drug-likeness (QED) is 0.0322. The summed E-state index contributed by atoms with van der Waals surface area (Å²) in [6.45, 7) is 6.43. The van der Waals surface area contributed by atoms with Crippen LogP contribution >= 0.6 is 0 Å². The minimum absolute atomic E-state index is 0.0404. The summed E-state index contributed by atoms with van der Waals surface area (Å²) in [4.78, 5) is 26.1. The topological polar surface area (TPSA) is 95.9 Å². The van der Waals surface area contributed by atoms with E-state index in [0.29, 0.717) is 19.3 Å². The first-order valence-electron chi connectivity index (χ1n) is 25.9. The normalized spacial score (nSPS) is 13.6. The van der Waals surface area contributed by atoms with E-state index in [0.717, 1.165) is 64.2 Å². The van der Waals surface area contributed by atoms with Crippen molar-refractivity contribution in [3.8, 4) is 0 Å². The number of carbonyl (C=O) groups excluding carboxylic acids is 2. The van der Waals surface area contributed by atoms with E-state index in [9.17, 15) is 19.8 Å². The van der Waals surface area contributed by atoms with Gasteiger partial charge >= 0.3 is 5.97 Å². The highest BCUT2D eigenvalue weighted by atomic mass is 16.5. The van der Waals surface area contributed by atoms with Crippen LogP contribution in [0.3, 0.4) is 0 Å². The second-order valence-corrected chi connectivity index (χ2v) is 17.6. The van der Waals surface area contributed by atoms with Gasteiger partial charge in [-0.15, -0.1) is 0 Å².